The molecule has 184 valence electrons. The minimum absolute atomic E-state index is 0.0381. The molecule has 35 heavy (non-hydrogen) atoms. The third kappa shape index (κ3) is 4.58. The van der Waals surface area contributed by atoms with Gasteiger partial charge in [-0.25, -0.2) is 8.42 Å². The van der Waals surface area contributed by atoms with E-state index in [1.165, 1.54) is 0 Å². The first-order valence-electron chi connectivity index (χ1n) is 12.0. The van der Waals surface area contributed by atoms with Crippen LogP contribution >= 0.6 is 0 Å². The van der Waals surface area contributed by atoms with Gasteiger partial charge in [-0.15, -0.1) is 0 Å². The number of nitriles is 1. The quantitative estimate of drug-likeness (QED) is 0.509. The van der Waals surface area contributed by atoms with E-state index in [2.05, 4.69) is 30.2 Å². The van der Waals surface area contributed by atoms with E-state index in [1.807, 2.05) is 0 Å². The van der Waals surface area contributed by atoms with Gasteiger partial charge in [0, 0.05) is 25.0 Å². The largest absolute Gasteiger partial charge is 0.338 e. The van der Waals surface area contributed by atoms with Crippen LogP contribution in [0.3, 0.4) is 0 Å². The molecule has 2 aromatic heterocycles. The van der Waals surface area contributed by atoms with Crippen molar-refractivity contribution in [2.24, 2.45) is 11.3 Å². The molecule has 1 aliphatic carbocycles. The number of aromatic amines is 1. The lowest BCUT2D eigenvalue weighted by molar-refractivity contribution is 0.187. The predicted octanol–water partition coefficient (Wildman–Crippen LogP) is 4.14. The monoisotopic (exact) mass is 494 g/mol. The van der Waals surface area contributed by atoms with Gasteiger partial charge in [-0.05, 0) is 67.3 Å². The summed E-state index contributed by atoms with van der Waals surface area (Å²) in [5, 5.41) is 17.6. The molecule has 0 bridgehead atoms. The molecule has 0 radical (unpaired) electrons. The standard InChI is InChI=1S/C25H30N6O3S/c1-25(2)12-3-15-30(16-25)35(33,34)19-8-6-18(7-9-19)28-23-22-21(11-14-27-24(22)32)31(29-23)20(10-13-26)17-4-5-17/h6-9,11,14,17,20H,3-5,10,12,15-16H2,1-2H3,(H,27,32)(H,28,29)/t20-/m0/s1. The Morgan fingerprint density at radius 2 is 2.00 bits per heavy atom. The Balaban J connectivity index is 1.44. The van der Waals surface area contributed by atoms with Crippen molar-refractivity contribution in [2.75, 3.05) is 18.4 Å². The van der Waals surface area contributed by atoms with Crippen LogP contribution in [0.2, 0.25) is 0 Å². The Hall–Kier alpha value is -3.16. The molecule has 0 spiro atoms. The number of fused-ring (bicyclic) bond motifs is 1. The van der Waals surface area contributed by atoms with Gasteiger partial charge in [-0.2, -0.15) is 14.7 Å². The molecular weight excluding hydrogens is 464 g/mol. The molecule has 1 saturated carbocycles. The Morgan fingerprint density at radius 3 is 2.66 bits per heavy atom. The molecule has 9 nitrogen and oxygen atoms in total. The fourth-order valence-corrected chi connectivity index (χ4v) is 6.70. The second kappa shape index (κ2) is 8.81. The lowest BCUT2D eigenvalue weighted by Crippen LogP contribution is -2.43. The molecule has 1 saturated heterocycles. The van der Waals surface area contributed by atoms with Crippen molar-refractivity contribution in [3.8, 4) is 6.07 Å². The number of nitrogens with zero attached hydrogens (tertiary/aromatic N) is 4. The highest BCUT2D eigenvalue weighted by Gasteiger charge is 2.35. The van der Waals surface area contributed by atoms with E-state index < -0.39 is 10.0 Å². The van der Waals surface area contributed by atoms with Crippen molar-refractivity contribution >= 4 is 32.4 Å². The van der Waals surface area contributed by atoms with Crippen molar-refractivity contribution in [2.45, 2.75) is 56.9 Å². The molecule has 0 amide bonds. The Morgan fingerprint density at radius 1 is 1.26 bits per heavy atom. The van der Waals surface area contributed by atoms with Crippen molar-refractivity contribution in [1.82, 2.24) is 19.1 Å². The van der Waals surface area contributed by atoms with Crippen molar-refractivity contribution < 1.29 is 8.42 Å². The number of sulfonamides is 1. The van der Waals surface area contributed by atoms with E-state index in [9.17, 15) is 18.5 Å². The van der Waals surface area contributed by atoms with E-state index in [0.29, 0.717) is 47.8 Å². The molecule has 2 N–H and O–H groups in total. The number of hydrogen-bond acceptors (Lipinski definition) is 6. The summed E-state index contributed by atoms with van der Waals surface area (Å²) in [5.74, 6) is 0.771. The lowest BCUT2D eigenvalue weighted by atomic mass is 9.85. The van der Waals surface area contributed by atoms with Crippen LogP contribution in [0, 0.1) is 22.7 Å². The molecule has 1 aromatic carbocycles. The number of hydrogen-bond donors (Lipinski definition) is 2. The third-order valence-electron chi connectivity index (χ3n) is 7.03. The third-order valence-corrected chi connectivity index (χ3v) is 8.89. The maximum atomic E-state index is 13.2. The minimum atomic E-state index is -3.58. The fourth-order valence-electron chi connectivity index (χ4n) is 5.04. The molecule has 1 aliphatic heterocycles. The Labute approximate surface area is 204 Å². The van der Waals surface area contributed by atoms with Crippen molar-refractivity contribution in [3.05, 3.63) is 46.9 Å². The zero-order valence-corrected chi connectivity index (χ0v) is 20.8. The average molecular weight is 495 g/mol. The Bertz CT molecular complexity index is 1450. The van der Waals surface area contributed by atoms with Gasteiger partial charge in [0.2, 0.25) is 10.0 Å². The highest BCUT2D eigenvalue weighted by Crippen LogP contribution is 2.43. The minimum Gasteiger partial charge on any atom is -0.338 e. The molecule has 5 rings (SSSR count). The molecule has 2 aliphatic rings. The van der Waals surface area contributed by atoms with Gasteiger partial charge in [0.1, 0.15) is 5.39 Å². The molecule has 0 unspecified atom stereocenters. The van der Waals surface area contributed by atoms with Crippen LogP contribution in [0.4, 0.5) is 11.5 Å². The number of H-pyrrole nitrogens is 1. The van der Waals surface area contributed by atoms with Crippen LogP contribution in [-0.2, 0) is 10.0 Å². The molecule has 10 heteroatoms. The van der Waals surface area contributed by atoms with Gasteiger partial charge in [-0.3, -0.25) is 9.48 Å². The summed E-state index contributed by atoms with van der Waals surface area (Å²) in [6, 6.07) is 10.5. The number of pyridine rings is 1. The van der Waals surface area contributed by atoms with E-state index in [1.54, 1.807) is 45.5 Å². The van der Waals surface area contributed by atoms with Gasteiger partial charge in [-0.1, -0.05) is 13.8 Å². The summed E-state index contributed by atoms with van der Waals surface area (Å²) in [5.41, 5.74) is 0.995. The first kappa shape index (κ1) is 23.6. The lowest BCUT2D eigenvalue weighted by Gasteiger charge is -2.37. The normalized spacial score (nSPS) is 19.3. The summed E-state index contributed by atoms with van der Waals surface area (Å²) >= 11 is 0. The number of benzene rings is 1. The van der Waals surface area contributed by atoms with E-state index >= 15 is 0 Å². The van der Waals surface area contributed by atoms with Gasteiger partial charge in [0.15, 0.2) is 5.82 Å². The zero-order chi connectivity index (χ0) is 24.8. The first-order chi connectivity index (χ1) is 16.7. The van der Waals surface area contributed by atoms with E-state index in [0.717, 1.165) is 25.7 Å². The van der Waals surface area contributed by atoms with E-state index in [-0.39, 0.29) is 21.9 Å². The number of nitrogens with one attached hydrogen (secondary N) is 2. The number of piperidine rings is 1. The SMILES string of the molecule is CC1(C)CCCN(S(=O)(=O)c2ccc(Nc3nn([C@@H](CC#N)C4CC4)c4cc[nH]c(=O)c34)cc2)C1. The van der Waals surface area contributed by atoms with Gasteiger partial charge < -0.3 is 10.3 Å². The average Bonchev–Trinajstić information content (AvgIpc) is 3.59. The van der Waals surface area contributed by atoms with Crippen LogP contribution in [0.15, 0.2) is 46.2 Å². The maximum Gasteiger partial charge on any atom is 0.261 e. The number of rotatable bonds is 7. The molecule has 2 fully saturated rings. The topological polar surface area (TPSA) is 124 Å². The first-order valence-corrected chi connectivity index (χ1v) is 13.5. The van der Waals surface area contributed by atoms with Crippen LogP contribution in [0.1, 0.15) is 52.0 Å². The van der Waals surface area contributed by atoms with E-state index in [4.69, 9.17) is 5.10 Å². The summed E-state index contributed by atoms with van der Waals surface area (Å²) in [4.78, 5) is 15.6. The molecule has 1 atom stereocenters. The van der Waals surface area contributed by atoms with Crippen molar-refractivity contribution in [3.63, 3.8) is 0 Å². The van der Waals surface area contributed by atoms with Crippen LogP contribution in [0.25, 0.3) is 10.9 Å². The van der Waals surface area contributed by atoms with Gasteiger partial charge >= 0.3 is 0 Å². The van der Waals surface area contributed by atoms with Crippen LogP contribution < -0.4 is 10.9 Å². The van der Waals surface area contributed by atoms with Crippen LogP contribution in [-0.4, -0.2) is 40.6 Å². The highest BCUT2D eigenvalue weighted by molar-refractivity contribution is 7.89. The fraction of sp³-hybridized carbons (Fsp3) is 0.480. The predicted molar refractivity (Wildman–Crippen MR) is 134 cm³/mol. The van der Waals surface area contributed by atoms with Gasteiger partial charge in [0.05, 0.1) is 28.9 Å². The van der Waals surface area contributed by atoms with Crippen molar-refractivity contribution in [1.29, 1.82) is 5.26 Å². The number of anilines is 2. The van der Waals surface area contributed by atoms with Crippen LogP contribution in [0.5, 0.6) is 0 Å². The smallest absolute Gasteiger partial charge is 0.261 e. The molecule has 3 aromatic rings. The zero-order valence-electron chi connectivity index (χ0n) is 20.0. The highest BCUT2D eigenvalue weighted by atomic mass is 32.2. The summed E-state index contributed by atoms with van der Waals surface area (Å²) < 4.78 is 29.8. The summed E-state index contributed by atoms with van der Waals surface area (Å²) in [6.45, 7) is 5.23. The maximum absolute atomic E-state index is 13.2. The number of aromatic nitrogens is 3. The molecule has 3 heterocycles. The molecular formula is C25H30N6O3S. The Kier molecular flexibility index (Phi) is 5.93. The second-order valence-corrected chi connectivity index (χ2v) is 12.3. The second-order valence-electron chi connectivity index (χ2n) is 10.4. The van der Waals surface area contributed by atoms with Gasteiger partial charge in [0.25, 0.3) is 5.56 Å². The summed E-state index contributed by atoms with van der Waals surface area (Å²) in [7, 11) is -3.58. The summed E-state index contributed by atoms with van der Waals surface area (Å²) in [6.07, 6.45) is 5.87.